The number of aliphatic hydroxyl groups is 1. The molecule has 5 nitrogen and oxygen atoms in total. The van der Waals surface area contributed by atoms with Crippen molar-refractivity contribution in [1.29, 1.82) is 0 Å². The molecule has 0 saturated carbocycles. The Bertz CT molecular complexity index is 398. The second kappa shape index (κ2) is 5.93. The van der Waals surface area contributed by atoms with Gasteiger partial charge >= 0.3 is 0 Å². The molecule has 2 rings (SSSR count). The van der Waals surface area contributed by atoms with Gasteiger partial charge in [-0.15, -0.1) is 0 Å². The number of hydrogen-bond donors (Lipinski definition) is 2. The van der Waals surface area contributed by atoms with Crippen LogP contribution in [0.5, 0.6) is 5.75 Å². The largest absolute Gasteiger partial charge is 0.494 e. The van der Waals surface area contributed by atoms with Gasteiger partial charge < -0.3 is 25.2 Å². The summed E-state index contributed by atoms with van der Waals surface area (Å²) in [6.45, 7) is 4.68. The number of aliphatic hydroxyl groups excluding tert-OH is 1. The first-order valence-corrected chi connectivity index (χ1v) is 6.23. The van der Waals surface area contributed by atoms with E-state index in [1.54, 1.807) is 0 Å². The van der Waals surface area contributed by atoms with Crippen molar-refractivity contribution in [2.75, 3.05) is 43.5 Å². The number of ether oxygens (including phenoxy) is 2. The van der Waals surface area contributed by atoms with Crippen LogP contribution in [-0.2, 0) is 4.74 Å². The summed E-state index contributed by atoms with van der Waals surface area (Å²) in [6.07, 6.45) is -0.129. The number of nitrogen functional groups attached to an aromatic ring is 1. The Morgan fingerprint density at radius 1 is 1.50 bits per heavy atom. The lowest BCUT2D eigenvalue weighted by atomic mass is 10.2. The number of benzene rings is 1. The highest BCUT2D eigenvalue weighted by molar-refractivity contribution is 5.60. The SMILES string of the molecule is CCOc1cc(N)cc(N2CCOC(CO)C2)c1. The lowest BCUT2D eigenvalue weighted by molar-refractivity contribution is 0.00356. The standard InChI is InChI=1S/C13H20N2O3/c1-2-17-12-6-10(14)5-11(7-12)15-3-4-18-13(8-15)9-16/h5-7,13,16H,2-4,8-9,14H2,1H3. The molecule has 0 aliphatic carbocycles. The minimum Gasteiger partial charge on any atom is -0.494 e. The Labute approximate surface area is 107 Å². The lowest BCUT2D eigenvalue weighted by Gasteiger charge is -2.34. The maximum atomic E-state index is 9.15. The summed E-state index contributed by atoms with van der Waals surface area (Å²) in [4.78, 5) is 2.16. The number of nitrogens with zero attached hydrogens (tertiary/aromatic N) is 1. The minimum absolute atomic E-state index is 0.0388. The van der Waals surface area contributed by atoms with E-state index in [0.29, 0.717) is 25.4 Å². The van der Waals surface area contributed by atoms with Crippen LogP contribution in [0.1, 0.15) is 6.92 Å². The smallest absolute Gasteiger partial charge is 0.123 e. The third-order valence-electron chi connectivity index (χ3n) is 2.93. The molecule has 1 unspecified atom stereocenters. The molecule has 1 aromatic carbocycles. The molecule has 1 saturated heterocycles. The number of morpholine rings is 1. The molecule has 1 aliphatic heterocycles. The van der Waals surface area contributed by atoms with Crippen molar-refractivity contribution in [1.82, 2.24) is 0 Å². The van der Waals surface area contributed by atoms with Gasteiger partial charge in [0.05, 0.1) is 25.9 Å². The van der Waals surface area contributed by atoms with Crippen LogP contribution in [0.15, 0.2) is 18.2 Å². The van der Waals surface area contributed by atoms with Gasteiger partial charge in [-0.2, -0.15) is 0 Å². The zero-order chi connectivity index (χ0) is 13.0. The second-order valence-corrected chi connectivity index (χ2v) is 4.31. The number of rotatable bonds is 4. The summed E-state index contributed by atoms with van der Waals surface area (Å²) in [6, 6.07) is 5.71. The van der Waals surface area contributed by atoms with Crippen LogP contribution in [0.2, 0.25) is 0 Å². The van der Waals surface area contributed by atoms with Crippen LogP contribution < -0.4 is 15.4 Å². The summed E-state index contributed by atoms with van der Waals surface area (Å²) >= 11 is 0. The molecule has 18 heavy (non-hydrogen) atoms. The predicted octanol–water partition coefficient (Wildman–Crippen LogP) is 0.865. The van der Waals surface area contributed by atoms with Crippen LogP contribution in [0, 0.1) is 0 Å². The average molecular weight is 252 g/mol. The number of nitrogens with two attached hydrogens (primary N) is 1. The zero-order valence-electron chi connectivity index (χ0n) is 10.6. The fraction of sp³-hybridized carbons (Fsp3) is 0.538. The maximum absolute atomic E-state index is 9.15. The van der Waals surface area contributed by atoms with Gasteiger partial charge in [0.15, 0.2) is 0 Å². The van der Waals surface area contributed by atoms with Gasteiger partial charge in [-0.05, 0) is 13.0 Å². The first kappa shape index (κ1) is 13.0. The Balaban J connectivity index is 2.16. The van der Waals surface area contributed by atoms with E-state index in [9.17, 15) is 0 Å². The van der Waals surface area contributed by atoms with E-state index in [4.69, 9.17) is 20.3 Å². The summed E-state index contributed by atoms with van der Waals surface area (Å²) in [7, 11) is 0. The first-order valence-electron chi connectivity index (χ1n) is 6.23. The average Bonchev–Trinajstić information content (AvgIpc) is 2.38. The van der Waals surface area contributed by atoms with Crippen LogP contribution in [-0.4, -0.2) is 44.1 Å². The molecule has 100 valence electrons. The van der Waals surface area contributed by atoms with E-state index in [1.165, 1.54) is 0 Å². The summed E-state index contributed by atoms with van der Waals surface area (Å²) in [5, 5.41) is 9.15. The van der Waals surface area contributed by atoms with Crippen LogP contribution >= 0.6 is 0 Å². The first-order chi connectivity index (χ1) is 8.72. The lowest BCUT2D eigenvalue weighted by Crippen LogP contribution is -2.44. The molecule has 3 N–H and O–H groups in total. The Hall–Kier alpha value is -1.46. The zero-order valence-corrected chi connectivity index (χ0v) is 10.6. The van der Waals surface area contributed by atoms with Crippen molar-refractivity contribution in [2.45, 2.75) is 13.0 Å². The highest BCUT2D eigenvalue weighted by Crippen LogP contribution is 2.26. The highest BCUT2D eigenvalue weighted by atomic mass is 16.5. The molecule has 1 aromatic rings. The van der Waals surface area contributed by atoms with Gasteiger partial charge in [-0.25, -0.2) is 0 Å². The van der Waals surface area contributed by atoms with Gasteiger partial charge in [0.25, 0.3) is 0 Å². The summed E-state index contributed by atoms with van der Waals surface area (Å²) in [5.41, 5.74) is 7.57. The fourth-order valence-electron chi connectivity index (χ4n) is 2.10. The molecule has 1 heterocycles. The van der Waals surface area contributed by atoms with E-state index in [1.807, 2.05) is 25.1 Å². The van der Waals surface area contributed by atoms with Gasteiger partial charge in [0.2, 0.25) is 0 Å². The van der Waals surface area contributed by atoms with E-state index in [2.05, 4.69) is 4.90 Å². The van der Waals surface area contributed by atoms with Crippen molar-refractivity contribution in [3.05, 3.63) is 18.2 Å². The monoisotopic (exact) mass is 252 g/mol. The summed E-state index contributed by atoms with van der Waals surface area (Å²) in [5.74, 6) is 0.777. The Morgan fingerprint density at radius 2 is 2.33 bits per heavy atom. The fourth-order valence-corrected chi connectivity index (χ4v) is 2.10. The van der Waals surface area contributed by atoms with Gasteiger partial charge in [-0.1, -0.05) is 0 Å². The number of hydrogen-bond acceptors (Lipinski definition) is 5. The third kappa shape index (κ3) is 3.05. The molecule has 1 fully saturated rings. The van der Waals surface area contributed by atoms with Crippen LogP contribution in [0.4, 0.5) is 11.4 Å². The van der Waals surface area contributed by atoms with Crippen molar-refractivity contribution in [3.8, 4) is 5.75 Å². The van der Waals surface area contributed by atoms with Gasteiger partial charge in [-0.3, -0.25) is 0 Å². The Kier molecular flexibility index (Phi) is 4.28. The quantitative estimate of drug-likeness (QED) is 0.778. The molecule has 0 bridgehead atoms. The maximum Gasteiger partial charge on any atom is 0.123 e. The molecular weight excluding hydrogens is 232 g/mol. The number of anilines is 2. The molecule has 0 spiro atoms. The molecule has 1 aliphatic rings. The minimum atomic E-state index is -0.129. The van der Waals surface area contributed by atoms with E-state index < -0.39 is 0 Å². The molecular formula is C13H20N2O3. The highest BCUT2D eigenvalue weighted by Gasteiger charge is 2.20. The van der Waals surface area contributed by atoms with E-state index >= 15 is 0 Å². The van der Waals surface area contributed by atoms with Crippen molar-refractivity contribution >= 4 is 11.4 Å². The van der Waals surface area contributed by atoms with Crippen molar-refractivity contribution in [2.24, 2.45) is 0 Å². The van der Waals surface area contributed by atoms with Gasteiger partial charge in [0, 0.05) is 36.6 Å². The molecule has 1 atom stereocenters. The van der Waals surface area contributed by atoms with Crippen LogP contribution in [0.3, 0.4) is 0 Å². The normalized spacial score (nSPS) is 19.9. The Morgan fingerprint density at radius 3 is 3.06 bits per heavy atom. The van der Waals surface area contributed by atoms with Crippen molar-refractivity contribution < 1.29 is 14.6 Å². The van der Waals surface area contributed by atoms with Crippen LogP contribution in [0.25, 0.3) is 0 Å². The predicted molar refractivity (Wildman–Crippen MR) is 71.1 cm³/mol. The molecule has 0 radical (unpaired) electrons. The summed E-state index contributed by atoms with van der Waals surface area (Å²) < 4.78 is 10.9. The third-order valence-corrected chi connectivity index (χ3v) is 2.93. The topological polar surface area (TPSA) is 68.0 Å². The van der Waals surface area contributed by atoms with E-state index in [-0.39, 0.29) is 12.7 Å². The molecule has 0 aromatic heterocycles. The van der Waals surface area contributed by atoms with E-state index in [0.717, 1.165) is 18.0 Å². The second-order valence-electron chi connectivity index (χ2n) is 4.31. The van der Waals surface area contributed by atoms with Gasteiger partial charge in [0.1, 0.15) is 5.75 Å². The molecule has 0 amide bonds. The van der Waals surface area contributed by atoms with Crippen molar-refractivity contribution in [3.63, 3.8) is 0 Å². The molecule has 5 heteroatoms.